The first kappa shape index (κ1) is 16.1. The van der Waals surface area contributed by atoms with Crippen molar-refractivity contribution < 1.29 is 8.42 Å². The van der Waals surface area contributed by atoms with Gasteiger partial charge in [-0.2, -0.15) is 0 Å². The van der Waals surface area contributed by atoms with E-state index in [4.69, 9.17) is 0 Å². The molecule has 7 heteroatoms. The van der Waals surface area contributed by atoms with E-state index in [-0.39, 0.29) is 0 Å². The Kier molecular flexibility index (Phi) is 6.47. The zero-order valence-corrected chi connectivity index (χ0v) is 12.8. The number of nitrogens with zero attached hydrogens (tertiary/aromatic N) is 3. The van der Waals surface area contributed by atoms with E-state index in [0.29, 0.717) is 13.1 Å². The monoisotopic (exact) mass is 288 g/mol. The van der Waals surface area contributed by atoms with Crippen molar-refractivity contribution in [1.82, 2.24) is 19.2 Å². The molecule has 1 aromatic heterocycles. The Hall–Kier alpha value is -0.920. The highest BCUT2D eigenvalue weighted by Gasteiger charge is 2.12. The lowest BCUT2D eigenvalue weighted by Crippen LogP contribution is -2.32. The van der Waals surface area contributed by atoms with E-state index in [1.54, 1.807) is 6.20 Å². The van der Waals surface area contributed by atoms with E-state index < -0.39 is 10.0 Å². The van der Waals surface area contributed by atoms with Crippen molar-refractivity contribution in [2.24, 2.45) is 0 Å². The van der Waals surface area contributed by atoms with Crippen molar-refractivity contribution in [2.75, 3.05) is 32.4 Å². The summed E-state index contributed by atoms with van der Waals surface area (Å²) >= 11 is 0. The summed E-state index contributed by atoms with van der Waals surface area (Å²) in [5, 5.41) is 3.31. The van der Waals surface area contributed by atoms with Gasteiger partial charge >= 0.3 is 0 Å². The fraction of sp³-hybridized carbons (Fsp3) is 0.750. The van der Waals surface area contributed by atoms with Gasteiger partial charge in [0, 0.05) is 38.6 Å². The Balaban J connectivity index is 2.13. The molecule has 0 amide bonds. The first-order valence-electron chi connectivity index (χ1n) is 6.58. The Morgan fingerprint density at radius 3 is 2.68 bits per heavy atom. The lowest BCUT2D eigenvalue weighted by atomic mass is 10.4. The van der Waals surface area contributed by atoms with Crippen LogP contribution in [0.3, 0.4) is 0 Å². The molecule has 0 fully saturated rings. The van der Waals surface area contributed by atoms with E-state index in [0.717, 1.165) is 31.9 Å². The quantitative estimate of drug-likeness (QED) is 0.670. The van der Waals surface area contributed by atoms with Crippen LogP contribution in [0.5, 0.6) is 0 Å². The minimum absolute atomic E-state index is 0.535. The van der Waals surface area contributed by atoms with Crippen LogP contribution in [0, 0.1) is 6.92 Å². The first-order chi connectivity index (χ1) is 8.95. The fourth-order valence-corrected chi connectivity index (χ4v) is 2.83. The predicted octanol–water partition coefficient (Wildman–Crippen LogP) is 0.453. The number of nitrogens with one attached hydrogen (secondary N) is 1. The van der Waals surface area contributed by atoms with E-state index in [1.165, 1.54) is 10.6 Å². The van der Waals surface area contributed by atoms with E-state index in [1.807, 2.05) is 20.0 Å². The van der Waals surface area contributed by atoms with Crippen molar-refractivity contribution in [1.29, 1.82) is 0 Å². The second kappa shape index (κ2) is 7.62. The summed E-state index contributed by atoms with van der Waals surface area (Å²) in [4.78, 5) is 4.15. The zero-order valence-electron chi connectivity index (χ0n) is 12.0. The summed E-state index contributed by atoms with van der Waals surface area (Å²) in [6.07, 6.45) is 5.83. The average molecular weight is 288 g/mol. The van der Waals surface area contributed by atoms with E-state index in [9.17, 15) is 8.42 Å². The third-order valence-electron chi connectivity index (χ3n) is 3.04. The topological polar surface area (TPSA) is 67.2 Å². The van der Waals surface area contributed by atoms with Crippen molar-refractivity contribution >= 4 is 10.0 Å². The molecule has 0 aliphatic carbocycles. The van der Waals surface area contributed by atoms with Crippen LogP contribution in [0.1, 0.15) is 19.2 Å². The van der Waals surface area contributed by atoms with Crippen LogP contribution in [-0.2, 0) is 16.6 Å². The second-order valence-corrected chi connectivity index (χ2v) is 6.51. The minimum Gasteiger partial charge on any atom is -0.334 e. The molecule has 0 atom stereocenters. The summed E-state index contributed by atoms with van der Waals surface area (Å²) in [5.74, 6) is 1.01. The Labute approximate surface area is 115 Å². The number of rotatable bonds is 9. The van der Waals surface area contributed by atoms with Crippen LogP contribution >= 0.6 is 0 Å². The van der Waals surface area contributed by atoms with Crippen LogP contribution in [0.25, 0.3) is 0 Å². The molecule has 1 N–H and O–H groups in total. The number of aromatic nitrogens is 2. The number of aryl methyl sites for hydroxylation is 1. The maximum absolute atomic E-state index is 11.4. The van der Waals surface area contributed by atoms with Crippen LogP contribution in [0.2, 0.25) is 0 Å². The molecule has 0 saturated carbocycles. The number of imidazole rings is 1. The molecule has 1 heterocycles. The average Bonchev–Trinajstić information content (AvgIpc) is 2.72. The lowest BCUT2D eigenvalue weighted by molar-refractivity contribution is 0.418. The summed E-state index contributed by atoms with van der Waals surface area (Å²) in [6, 6.07) is 0. The summed E-state index contributed by atoms with van der Waals surface area (Å²) in [5.41, 5.74) is 0. The van der Waals surface area contributed by atoms with Crippen LogP contribution in [0.4, 0.5) is 0 Å². The summed E-state index contributed by atoms with van der Waals surface area (Å²) in [7, 11) is -3.06. The van der Waals surface area contributed by atoms with E-state index in [2.05, 4.69) is 14.9 Å². The highest BCUT2D eigenvalue weighted by Crippen LogP contribution is 1.98. The Morgan fingerprint density at radius 1 is 1.42 bits per heavy atom. The smallest absolute Gasteiger partial charge is 0.211 e. The maximum atomic E-state index is 11.4. The van der Waals surface area contributed by atoms with Crippen molar-refractivity contribution in [3.05, 3.63) is 18.2 Å². The standard InChI is InChI=1S/C12H24N4O2S/c1-4-16(19(3,17)18)9-5-6-13-7-10-15-11-8-14-12(15)2/h8,11,13H,4-7,9-10H2,1-3H3. The third-order valence-corrected chi connectivity index (χ3v) is 4.41. The van der Waals surface area contributed by atoms with Gasteiger partial charge in [0.25, 0.3) is 0 Å². The molecule has 6 nitrogen and oxygen atoms in total. The Morgan fingerprint density at radius 2 is 2.16 bits per heavy atom. The molecule has 0 spiro atoms. The van der Waals surface area contributed by atoms with Gasteiger partial charge in [-0.3, -0.25) is 0 Å². The van der Waals surface area contributed by atoms with Gasteiger partial charge in [-0.1, -0.05) is 6.92 Å². The number of hydrogen-bond acceptors (Lipinski definition) is 4. The number of hydrogen-bond donors (Lipinski definition) is 1. The van der Waals surface area contributed by atoms with Gasteiger partial charge in [0.15, 0.2) is 0 Å². The van der Waals surface area contributed by atoms with Gasteiger partial charge in [-0.05, 0) is 19.9 Å². The molecular weight excluding hydrogens is 264 g/mol. The maximum Gasteiger partial charge on any atom is 0.211 e. The molecule has 1 rings (SSSR count). The highest BCUT2D eigenvalue weighted by atomic mass is 32.2. The minimum atomic E-state index is -3.06. The molecule has 0 saturated heterocycles. The number of sulfonamides is 1. The lowest BCUT2D eigenvalue weighted by Gasteiger charge is -2.17. The highest BCUT2D eigenvalue weighted by molar-refractivity contribution is 7.88. The molecule has 0 aromatic carbocycles. The molecule has 0 bridgehead atoms. The van der Waals surface area contributed by atoms with Crippen molar-refractivity contribution in [3.63, 3.8) is 0 Å². The summed E-state index contributed by atoms with van der Waals surface area (Å²) in [6.45, 7) is 7.51. The molecule has 0 radical (unpaired) electrons. The first-order valence-corrected chi connectivity index (χ1v) is 8.43. The SMILES string of the molecule is CCN(CCCNCCn1ccnc1C)S(C)(=O)=O. The van der Waals surface area contributed by atoms with E-state index >= 15 is 0 Å². The van der Waals surface area contributed by atoms with Gasteiger partial charge in [-0.15, -0.1) is 0 Å². The van der Waals surface area contributed by atoms with Crippen molar-refractivity contribution in [2.45, 2.75) is 26.8 Å². The zero-order chi connectivity index (χ0) is 14.3. The predicted molar refractivity (Wildman–Crippen MR) is 76.5 cm³/mol. The molecule has 0 aliphatic rings. The molecule has 1 aromatic rings. The third kappa shape index (κ3) is 5.71. The second-order valence-electron chi connectivity index (χ2n) is 4.53. The normalized spacial score (nSPS) is 12.2. The van der Waals surface area contributed by atoms with Gasteiger partial charge in [0.05, 0.1) is 6.26 Å². The Bertz CT molecular complexity index is 470. The molecule has 0 unspecified atom stereocenters. The van der Waals surface area contributed by atoms with Crippen LogP contribution in [0.15, 0.2) is 12.4 Å². The largest absolute Gasteiger partial charge is 0.334 e. The summed E-state index contributed by atoms with van der Waals surface area (Å²) < 4.78 is 26.3. The van der Waals surface area contributed by atoms with Gasteiger partial charge in [0.1, 0.15) is 5.82 Å². The van der Waals surface area contributed by atoms with Gasteiger partial charge in [-0.25, -0.2) is 17.7 Å². The van der Waals surface area contributed by atoms with Crippen LogP contribution < -0.4 is 5.32 Å². The van der Waals surface area contributed by atoms with Crippen molar-refractivity contribution in [3.8, 4) is 0 Å². The molecule has 0 aliphatic heterocycles. The van der Waals surface area contributed by atoms with Gasteiger partial charge < -0.3 is 9.88 Å². The molecule has 19 heavy (non-hydrogen) atoms. The van der Waals surface area contributed by atoms with Crippen LogP contribution in [-0.4, -0.2) is 54.7 Å². The molecule has 110 valence electrons. The fourth-order valence-electron chi connectivity index (χ4n) is 1.90. The molecular formula is C12H24N4O2S. The van der Waals surface area contributed by atoms with Gasteiger partial charge in [0.2, 0.25) is 10.0 Å².